The van der Waals surface area contributed by atoms with Crippen molar-refractivity contribution in [1.82, 2.24) is 0 Å². The molecule has 0 aliphatic heterocycles. The molecule has 0 bridgehead atoms. The predicted molar refractivity (Wildman–Crippen MR) is 172 cm³/mol. The van der Waals surface area contributed by atoms with Gasteiger partial charge in [0.15, 0.2) is 0 Å². The Labute approximate surface area is 262 Å². The van der Waals surface area contributed by atoms with Crippen molar-refractivity contribution in [3.05, 3.63) is 95.6 Å². The summed E-state index contributed by atoms with van der Waals surface area (Å²) in [5.41, 5.74) is 2.31. The van der Waals surface area contributed by atoms with E-state index in [1.807, 2.05) is 41.1 Å². The first-order valence-electron chi connectivity index (χ1n) is 14.6. The SMILES string of the molecule is COc1ccc(C(OC2CCCC(SSCCCOC(=O)CCC(=O)O)C2)(c2ccccc2)c2ccc(OC)cc2)cc1. The Hall–Kier alpha value is -3.14. The highest BCUT2D eigenvalue weighted by Crippen LogP contribution is 2.46. The number of methoxy groups -OCH3 is 2. The van der Waals surface area contributed by atoms with Gasteiger partial charge in [-0.2, -0.15) is 0 Å². The summed E-state index contributed by atoms with van der Waals surface area (Å²) in [5, 5.41) is 9.14. The minimum absolute atomic E-state index is 0.0476. The summed E-state index contributed by atoms with van der Waals surface area (Å²) in [6.07, 6.45) is 4.62. The molecule has 0 amide bonds. The van der Waals surface area contributed by atoms with Gasteiger partial charge in [-0.05, 0) is 73.1 Å². The number of rotatable bonds is 16. The lowest BCUT2D eigenvalue weighted by molar-refractivity contribution is -0.147. The largest absolute Gasteiger partial charge is 0.497 e. The zero-order valence-corrected chi connectivity index (χ0v) is 26.4. The van der Waals surface area contributed by atoms with Crippen LogP contribution in [0.2, 0.25) is 0 Å². The van der Waals surface area contributed by atoms with Gasteiger partial charge in [-0.15, -0.1) is 0 Å². The fraction of sp³-hybridized carbons (Fsp3) is 0.412. The average molecular weight is 625 g/mol. The average Bonchev–Trinajstić information content (AvgIpc) is 3.05. The van der Waals surface area contributed by atoms with E-state index >= 15 is 0 Å². The topological polar surface area (TPSA) is 91.3 Å². The first kappa shape index (κ1) is 32.8. The molecule has 1 fully saturated rings. The van der Waals surface area contributed by atoms with Crippen molar-refractivity contribution in [3.8, 4) is 11.5 Å². The number of carbonyl (C=O) groups excluding carboxylic acids is 1. The van der Waals surface area contributed by atoms with Gasteiger partial charge >= 0.3 is 11.9 Å². The van der Waals surface area contributed by atoms with E-state index in [1.165, 1.54) is 0 Å². The monoisotopic (exact) mass is 624 g/mol. The zero-order chi connectivity index (χ0) is 30.5. The molecule has 1 saturated carbocycles. The lowest BCUT2D eigenvalue weighted by Crippen LogP contribution is -2.39. The van der Waals surface area contributed by atoms with Gasteiger partial charge in [0.05, 0.1) is 39.8 Å². The second kappa shape index (κ2) is 16.6. The number of hydrogen-bond donors (Lipinski definition) is 1. The highest BCUT2D eigenvalue weighted by Gasteiger charge is 2.41. The third-order valence-electron chi connectivity index (χ3n) is 7.48. The molecule has 0 heterocycles. The fourth-order valence-electron chi connectivity index (χ4n) is 5.30. The maximum atomic E-state index is 11.6. The molecule has 230 valence electrons. The minimum atomic E-state index is -0.993. The number of esters is 1. The number of hydrogen-bond acceptors (Lipinski definition) is 8. The van der Waals surface area contributed by atoms with Gasteiger partial charge in [0.25, 0.3) is 0 Å². The van der Waals surface area contributed by atoms with E-state index in [1.54, 1.807) is 25.0 Å². The molecule has 4 rings (SSSR count). The number of benzene rings is 3. The molecule has 0 radical (unpaired) electrons. The van der Waals surface area contributed by atoms with E-state index in [0.717, 1.165) is 66.0 Å². The fourth-order valence-corrected chi connectivity index (χ4v) is 8.13. The molecule has 3 aromatic rings. The Kier molecular flexibility index (Phi) is 12.7. The molecule has 43 heavy (non-hydrogen) atoms. The molecule has 7 nitrogen and oxygen atoms in total. The number of carboxylic acid groups (broad SMARTS) is 1. The quantitative estimate of drug-likeness (QED) is 0.0753. The van der Waals surface area contributed by atoms with Crippen LogP contribution in [0.5, 0.6) is 11.5 Å². The van der Waals surface area contributed by atoms with Gasteiger partial charge in [0.2, 0.25) is 0 Å². The van der Waals surface area contributed by atoms with Crippen LogP contribution in [-0.4, -0.2) is 55.0 Å². The van der Waals surface area contributed by atoms with Crippen molar-refractivity contribution >= 4 is 33.5 Å². The molecular formula is C34H40O7S2. The predicted octanol–water partition coefficient (Wildman–Crippen LogP) is 7.50. The first-order valence-corrected chi connectivity index (χ1v) is 17.0. The summed E-state index contributed by atoms with van der Waals surface area (Å²) in [6.45, 7) is 0.311. The van der Waals surface area contributed by atoms with E-state index in [9.17, 15) is 9.59 Å². The Bertz CT molecular complexity index is 1230. The van der Waals surface area contributed by atoms with E-state index in [-0.39, 0.29) is 18.9 Å². The molecule has 1 N–H and O–H groups in total. The molecule has 0 aromatic heterocycles. The second-order valence-corrected chi connectivity index (χ2v) is 13.2. The third-order valence-corrected chi connectivity index (χ3v) is 10.5. The summed E-state index contributed by atoms with van der Waals surface area (Å²) in [5.74, 6) is 0.990. The van der Waals surface area contributed by atoms with E-state index in [2.05, 4.69) is 48.5 Å². The molecule has 0 spiro atoms. The van der Waals surface area contributed by atoms with Crippen LogP contribution in [0, 0.1) is 0 Å². The van der Waals surface area contributed by atoms with Crippen LogP contribution in [0.4, 0.5) is 0 Å². The number of carbonyl (C=O) groups is 2. The van der Waals surface area contributed by atoms with E-state index in [4.69, 9.17) is 24.1 Å². The normalized spacial score (nSPS) is 16.8. The molecule has 1 aliphatic carbocycles. The zero-order valence-electron chi connectivity index (χ0n) is 24.7. The summed E-state index contributed by atoms with van der Waals surface area (Å²) in [7, 11) is 7.02. The molecule has 2 unspecified atom stereocenters. The molecular weight excluding hydrogens is 585 g/mol. The number of carboxylic acids is 1. The van der Waals surface area contributed by atoms with Gasteiger partial charge < -0.3 is 24.1 Å². The summed E-state index contributed by atoms with van der Waals surface area (Å²) in [4.78, 5) is 22.2. The Balaban J connectivity index is 1.47. The summed E-state index contributed by atoms with van der Waals surface area (Å²) < 4.78 is 23.4. The molecule has 3 aromatic carbocycles. The van der Waals surface area contributed by atoms with Crippen molar-refractivity contribution in [2.75, 3.05) is 26.6 Å². The summed E-state index contributed by atoms with van der Waals surface area (Å²) >= 11 is 0. The molecule has 2 atom stereocenters. The van der Waals surface area contributed by atoms with Gasteiger partial charge in [0.1, 0.15) is 17.1 Å². The molecule has 1 aliphatic rings. The Morgan fingerprint density at radius 2 is 1.44 bits per heavy atom. The smallest absolute Gasteiger partial charge is 0.306 e. The number of aliphatic carboxylic acids is 1. The van der Waals surface area contributed by atoms with Crippen LogP contribution >= 0.6 is 21.6 Å². The van der Waals surface area contributed by atoms with Crippen LogP contribution in [0.3, 0.4) is 0 Å². The minimum Gasteiger partial charge on any atom is -0.497 e. The van der Waals surface area contributed by atoms with Gasteiger partial charge in [-0.3, -0.25) is 9.59 Å². The van der Waals surface area contributed by atoms with Crippen molar-refractivity contribution < 1.29 is 33.6 Å². The van der Waals surface area contributed by atoms with Gasteiger partial charge in [-0.1, -0.05) is 76.2 Å². The summed E-state index contributed by atoms with van der Waals surface area (Å²) in [6, 6.07) is 26.7. The first-order chi connectivity index (χ1) is 20.9. The molecule has 9 heteroatoms. The van der Waals surface area contributed by atoms with E-state index in [0.29, 0.717) is 11.9 Å². The van der Waals surface area contributed by atoms with Crippen molar-refractivity contribution in [1.29, 1.82) is 0 Å². The van der Waals surface area contributed by atoms with Crippen LogP contribution in [-0.2, 0) is 24.7 Å². The Morgan fingerprint density at radius 1 is 0.837 bits per heavy atom. The highest BCUT2D eigenvalue weighted by molar-refractivity contribution is 8.76. The van der Waals surface area contributed by atoms with Crippen LogP contribution < -0.4 is 9.47 Å². The van der Waals surface area contributed by atoms with Crippen molar-refractivity contribution in [2.45, 2.75) is 61.9 Å². The van der Waals surface area contributed by atoms with Crippen molar-refractivity contribution in [3.63, 3.8) is 0 Å². The van der Waals surface area contributed by atoms with Gasteiger partial charge in [-0.25, -0.2) is 0 Å². The lowest BCUT2D eigenvalue weighted by atomic mass is 9.79. The third kappa shape index (κ3) is 9.17. The van der Waals surface area contributed by atoms with Crippen LogP contribution in [0.15, 0.2) is 78.9 Å². The second-order valence-electron chi connectivity index (χ2n) is 10.4. The molecule has 0 saturated heterocycles. The number of ether oxygens (including phenoxy) is 4. The van der Waals surface area contributed by atoms with Gasteiger partial charge in [0, 0.05) is 11.0 Å². The van der Waals surface area contributed by atoms with Crippen molar-refractivity contribution in [2.24, 2.45) is 0 Å². The van der Waals surface area contributed by atoms with Crippen LogP contribution in [0.25, 0.3) is 0 Å². The maximum absolute atomic E-state index is 11.6. The maximum Gasteiger partial charge on any atom is 0.306 e. The standard InChI is InChI=1S/C34H40O7S2/c1-38-28-16-12-26(13-17-28)34(25-8-4-3-5-9-25,27-14-18-29(39-2)19-15-27)41-30-10-6-11-31(24-30)43-42-23-7-22-40-33(37)21-20-32(35)36/h3-5,8-9,12-19,30-31H,6-7,10-11,20-24H2,1-2H3,(H,35,36). The lowest BCUT2D eigenvalue weighted by Gasteiger charge is -2.41. The van der Waals surface area contributed by atoms with E-state index < -0.39 is 17.5 Å². The highest BCUT2D eigenvalue weighted by atomic mass is 33.1. The Morgan fingerprint density at radius 3 is 2.02 bits per heavy atom. The van der Waals surface area contributed by atoms with Crippen LogP contribution in [0.1, 0.15) is 61.6 Å².